The Morgan fingerprint density at radius 2 is 1.95 bits per heavy atom. The quantitative estimate of drug-likeness (QED) is 0.805. The minimum absolute atomic E-state index is 0.0100. The average Bonchev–Trinajstić information content (AvgIpc) is 3.03. The van der Waals surface area contributed by atoms with E-state index in [1.165, 1.54) is 11.0 Å². The zero-order valence-electron chi connectivity index (χ0n) is 10.9. The molecular formula is C15H14ClNO3. The average molecular weight is 292 g/mol. The molecule has 4 nitrogen and oxygen atoms in total. The van der Waals surface area contributed by atoms with Gasteiger partial charge < -0.3 is 0 Å². The number of anilines is 1. The number of carbonyl (C=O) groups excluding carboxylic acids is 3. The van der Waals surface area contributed by atoms with Crippen molar-refractivity contribution >= 4 is 34.8 Å². The number of carbonyl (C=O) groups is 3. The molecule has 1 aromatic rings. The number of Topliss-reactive ketones (excluding diaryl/α,β-unsaturated/α-hetero) is 2. The number of halogens is 1. The Kier molecular flexibility index (Phi) is 3.34. The molecule has 1 aliphatic heterocycles. The van der Waals surface area contributed by atoms with E-state index in [2.05, 4.69) is 0 Å². The van der Waals surface area contributed by atoms with E-state index in [4.69, 9.17) is 11.6 Å². The first-order valence-electron chi connectivity index (χ1n) is 6.76. The van der Waals surface area contributed by atoms with Gasteiger partial charge in [0, 0.05) is 10.9 Å². The van der Waals surface area contributed by atoms with Gasteiger partial charge in [-0.1, -0.05) is 24.4 Å². The first kappa shape index (κ1) is 13.3. The third-order valence-corrected chi connectivity index (χ3v) is 4.29. The van der Waals surface area contributed by atoms with Crippen molar-refractivity contribution in [2.45, 2.75) is 25.7 Å². The molecule has 5 heteroatoms. The molecule has 1 fully saturated rings. The number of ketones is 2. The second kappa shape index (κ2) is 5.02. The first-order valence-corrected chi connectivity index (χ1v) is 7.14. The van der Waals surface area contributed by atoms with Crippen LogP contribution in [0.3, 0.4) is 0 Å². The second-order valence-corrected chi connectivity index (χ2v) is 5.77. The Bertz CT molecular complexity index is 605. The summed E-state index contributed by atoms with van der Waals surface area (Å²) in [6.07, 6.45) is 3.91. The minimum Gasteiger partial charge on any atom is -0.297 e. The Balaban J connectivity index is 1.85. The van der Waals surface area contributed by atoms with E-state index in [1.54, 1.807) is 12.1 Å². The van der Waals surface area contributed by atoms with Crippen LogP contribution in [-0.2, 0) is 9.59 Å². The van der Waals surface area contributed by atoms with Gasteiger partial charge in [-0.3, -0.25) is 19.3 Å². The number of rotatable bonds is 3. The van der Waals surface area contributed by atoms with Gasteiger partial charge in [0.15, 0.2) is 5.78 Å². The molecule has 3 rings (SSSR count). The van der Waals surface area contributed by atoms with E-state index >= 15 is 0 Å². The Hall–Kier alpha value is -1.68. The van der Waals surface area contributed by atoms with Gasteiger partial charge >= 0.3 is 0 Å². The van der Waals surface area contributed by atoms with Crippen LogP contribution < -0.4 is 4.90 Å². The maximum atomic E-state index is 12.2. The summed E-state index contributed by atoms with van der Waals surface area (Å²) in [6.45, 7) is -0.0100. The van der Waals surface area contributed by atoms with Crippen LogP contribution in [0.2, 0.25) is 5.02 Å². The van der Waals surface area contributed by atoms with Crippen LogP contribution in [0.4, 0.5) is 5.69 Å². The molecule has 1 heterocycles. The SMILES string of the molecule is O=C1C(=O)N(CC(=O)C2CCCC2)c2ccc(Cl)cc21. The molecule has 104 valence electrons. The lowest BCUT2D eigenvalue weighted by Gasteiger charge is -2.17. The molecule has 1 aliphatic carbocycles. The third kappa shape index (κ3) is 2.14. The van der Waals surface area contributed by atoms with Crippen molar-refractivity contribution in [3.05, 3.63) is 28.8 Å². The van der Waals surface area contributed by atoms with Gasteiger partial charge in [-0.25, -0.2) is 0 Å². The highest BCUT2D eigenvalue weighted by Crippen LogP contribution is 2.32. The maximum absolute atomic E-state index is 12.2. The van der Waals surface area contributed by atoms with Crippen molar-refractivity contribution in [3.63, 3.8) is 0 Å². The lowest BCUT2D eigenvalue weighted by atomic mass is 10.0. The fraction of sp³-hybridized carbons (Fsp3) is 0.400. The van der Waals surface area contributed by atoms with Crippen LogP contribution in [-0.4, -0.2) is 24.0 Å². The summed E-state index contributed by atoms with van der Waals surface area (Å²) in [4.78, 5) is 37.4. The molecule has 0 atom stereocenters. The Labute approximate surface area is 121 Å². The molecule has 0 saturated heterocycles. The van der Waals surface area contributed by atoms with Crippen molar-refractivity contribution in [1.82, 2.24) is 0 Å². The lowest BCUT2D eigenvalue weighted by molar-refractivity contribution is -0.123. The molecule has 1 saturated carbocycles. The molecular weight excluding hydrogens is 278 g/mol. The second-order valence-electron chi connectivity index (χ2n) is 5.33. The van der Waals surface area contributed by atoms with E-state index < -0.39 is 11.7 Å². The van der Waals surface area contributed by atoms with Crippen molar-refractivity contribution in [3.8, 4) is 0 Å². The van der Waals surface area contributed by atoms with Crippen molar-refractivity contribution in [2.75, 3.05) is 11.4 Å². The Morgan fingerprint density at radius 3 is 2.65 bits per heavy atom. The molecule has 20 heavy (non-hydrogen) atoms. The van der Waals surface area contributed by atoms with Gasteiger partial charge in [-0.05, 0) is 31.0 Å². The van der Waals surface area contributed by atoms with Gasteiger partial charge in [0.1, 0.15) is 0 Å². The van der Waals surface area contributed by atoms with Crippen LogP contribution >= 0.6 is 11.6 Å². The van der Waals surface area contributed by atoms with E-state index in [0.717, 1.165) is 25.7 Å². The van der Waals surface area contributed by atoms with E-state index in [9.17, 15) is 14.4 Å². The van der Waals surface area contributed by atoms with E-state index in [-0.39, 0.29) is 18.2 Å². The predicted octanol–water partition coefficient (Wildman–Crippen LogP) is 2.63. The zero-order valence-corrected chi connectivity index (χ0v) is 11.7. The third-order valence-electron chi connectivity index (χ3n) is 4.06. The summed E-state index contributed by atoms with van der Waals surface area (Å²) in [7, 11) is 0. The van der Waals surface area contributed by atoms with Gasteiger partial charge in [-0.2, -0.15) is 0 Å². The number of hydrogen-bond acceptors (Lipinski definition) is 3. The number of hydrogen-bond donors (Lipinski definition) is 0. The Morgan fingerprint density at radius 1 is 1.25 bits per heavy atom. The van der Waals surface area contributed by atoms with E-state index in [0.29, 0.717) is 16.3 Å². The zero-order chi connectivity index (χ0) is 14.3. The molecule has 0 bridgehead atoms. The van der Waals surface area contributed by atoms with Crippen LogP contribution in [0.25, 0.3) is 0 Å². The summed E-state index contributed by atoms with van der Waals surface area (Å²) in [5, 5.41) is 0.411. The summed E-state index contributed by atoms with van der Waals surface area (Å²) in [6, 6.07) is 4.73. The smallest absolute Gasteiger partial charge is 0.297 e. The molecule has 0 aromatic heterocycles. The highest BCUT2D eigenvalue weighted by Gasteiger charge is 2.38. The highest BCUT2D eigenvalue weighted by molar-refractivity contribution is 6.53. The van der Waals surface area contributed by atoms with Crippen LogP contribution in [0.15, 0.2) is 18.2 Å². The largest absolute Gasteiger partial charge is 0.299 e. The lowest BCUT2D eigenvalue weighted by Crippen LogP contribution is -2.36. The normalized spacial score (nSPS) is 18.8. The van der Waals surface area contributed by atoms with Crippen molar-refractivity contribution in [1.29, 1.82) is 0 Å². The summed E-state index contributed by atoms with van der Waals surface area (Å²) in [5.41, 5.74) is 0.789. The fourth-order valence-corrected chi connectivity index (χ4v) is 3.13. The molecule has 0 radical (unpaired) electrons. The van der Waals surface area contributed by atoms with Crippen LogP contribution in [0.5, 0.6) is 0 Å². The number of benzene rings is 1. The van der Waals surface area contributed by atoms with Crippen molar-refractivity contribution in [2.24, 2.45) is 5.92 Å². The summed E-state index contributed by atoms with van der Waals surface area (Å²) in [5.74, 6) is -1.13. The number of amides is 1. The van der Waals surface area contributed by atoms with E-state index in [1.807, 2.05) is 0 Å². The first-order chi connectivity index (χ1) is 9.58. The van der Waals surface area contributed by atoms with Crippen molar-refractivity contribution < 1.29 is 14.4 Å². The highest BCUT2D eigenvalue weighted by atomic mass is 35.5. The maximum Gasteiger partial charge on any atom is 0.299 e. The fourth-order valence-electron chi connectivity index (χ4n) is 2.96. The monoisotopic (exact) mass is 291 g/mol. The standard InChI is InChI=1S/C15H14ClNO3/c16-10-5-6-12-11(7-10)14(19)15(20)17(12)8-13(18)9-3-1-2-4-9/h5-7,9H,1-4,8H2. The summed E-state index contributed by atoms with van der Waals surface area (Å²) >= 11 is 5.84. The molecule has 0 unspecified atom stereocenters. The molecule has 1 aromatic carbocycles. The van der Waals surface area contributed by atoms with Crippen LogP contribution in [0.1, 0.15) is 36.0 Å². The van der Waals surface area contributed by atoms with Gasteiger partial charge in [0.2, 0.25) is 0 Å². The van der Waals surface area contributed by atoms with Gasteiger partial charge in [-0.15, -0.1) is 0 Å². The number of nitrogens with zero attached hydrogens (tertiary/aromatic N) is 1. The molecule has 0 N–H and O–H groups in total. The summed E-state index contributed by atoms with van der Waals surface area (Å²) < 4.78 is 0. The predicted molar refractivity (Wildman–Crippen MR) is 75.1 cm³/mol. The van der Waals surface area contributed by atoms with Gasteiger partial charge in [0.05, 0.1) is 17.8 Å². The molecule has 2 aliphatic rings. The molecule has 0 spiro atoms. The minimum atomic E-state index is -0.631. The number of fused-ring (bicyclic) bond motifs is 1. The van der Waals surface area contributed by atoms with Crippen LogP contribution in [0, 0.1) is 5.92 Å². The molecule has 1 amide bonds. The topological polar surface area (TPSA) is 54.5 Å². The van der Waals surface area contributed by atoms with Gasteiger partial charge in [0.25, 0.3) is 11.7 Å².